The second-order valence-corrected chi connectivity index (χ2v) is 10.7. The molecule has 3 atom stereocenters. The maximum absolute atomic E-state index is 14.2. The fourth-order valence-corrected chi connectivity index (χ4v) is 5.16. The van der Waals surface area contributed by atoms with Crippen LogP contribution in [0.25, 0.3) is 0 Å². The molecule has 0 unspecified atom stereocenters. The lowest BCUT2D eigenvalue weighted by Gasteiger charge is -2.35. The van der Waals surface area contributed by atoms with Crippen molar-refractivity contribution in [3.63, 3.8) is 0 Å². The number of fused-ring (bicyclic) bond motifs is 1. The smallest absolute Gasteiger partial charge is 0.245 e. The Labute approximate surface area is 199 Å². The van der Waals surface area contributed by atoms with Gasteiger partial charge in [0.15, 0.2) is 0 Å². The highest BCUT2D eigenvalue weighted by atomic mass is 32.2. The molecule has 10 nitrogen and oxygen atoms in total. The predicted molar refractivity (Wildman–Crippen MR) is 121 cm³/mol. The molecule has 0 saturated carbocycles. The van der Waals surface area contributed by atoms with E-state index in [9.17, 15) is 22.7 Å². The van der Waals surface area contributed by atoms with Gasteiger partial charge < -0.3 is 14.7 Å². The van der Waals surface area contributed by atoms with Gasteiger partial charge in [0.2, 0.25) is 15.9 Å². The minimum absolute atomic E-state index is 0.0606. The van der Waals surface area contributed by atoms with Crippen LogP contribution in [0.1, 0.15) is 32.4 Å². The second kappa shape index (κ2) is 11.3. The van der Waals surface area contributed by atoms with Crippen molar-refractivity contribution >= 4 is 15.9 Å². The van der Waals surface area contributed by atoms with Crippen molar-refractivity contribution in [3.05, 3.63) is 42.0 Å². The Bertz CT molecular complexity index is 1080. The van der Waals surface area contributed by atoms with Gasteiger partial charge in [0.25, 0.3) is 0 Å². The molecule has 34 heavy (non-hydrogen) atoms. The number of halogens is 1. The molecule has 0 spiro atoms. The van der Waals surface area contributed by atoms with Gasteiger partial charge in [0.1, 0.15) is 10.7 Å². The van der Waals surface area contributed by atoms with Crippen molar-refractivity contribution in [2.24, 2.45) is 5.92 Å². The summed E-state index contributed by atoms with van der Waals surface area (Å²) in [7, 11) is -2.74. The summed E-state index contributed by atoms with van der Waals surface area (Å²) in [6.45, 7) is 4.27. The van der Waals surface area contributed by atoms with Gasteiger partial charge in [-0.25, -0.2) is 17.5 Å². The summed E-state index contributed by atoms with van der Waals surface area (Å²) in [4.78, 5) is 14.1. The minimum Gasteiger partial charge on any atom is -0.394 e. The summed E-state index contributed by atoms with van der Waals surface area (Å²) >= 11 is 0. The maximum atomic E-state index is 14.2. The van der Waals surface area contributed by atoms with E-state index < -0.39 is 32.9 Å². The summed E-state index contributed by atoms with van der Waals surface area (Å²) in [5.41, 5.74) is 0.713. The summed E-state index contributed by atoms with van der Waals surface area (Å²) in [5.74, 6) is -1.23. The molecule has 0 saturated heterocycles. The molecule has 2 aromatic rings. The molecule has 1 aromatic carbocycles. The number of likely N-dealkylation sites (N-methyl/N-ethyl adjacent to an activating group) is 1. The second-order valence-electron chi connectivity index (χ2n) is 8.67. The van der Waals surface area contributed by atoms with Crippen LogP contribution < -0.4 is 0 Å². The molecule has 12 heteroatoms. The molecular weight excluding hydrogens is 465 g/mol. The van der Waals surface area contributed by atoms with Gasteiger partial charge in [-0.3, -0.25) is 4.79 Å². The highest BCUT2D eigenvalue weighted by molar-refractivity contribution is 7.89. The standard InChI is InChI=1S/C22H32FN5O5S/c1-16-12-27(17(2)14-29)22(30)9-6-10-28-18(11-24-25-28)15-33-20(16)13-26(3)34(31,32)21-8-5-4-7-19(21)23/h4-5,7-8,11,16-17,20,29H,6,9-10,12-15H2,1-3H3/t16-,17+,20+/m1/s1. The van der Waals surface area contributed by atoms with E-state index in [1.54, 1.807) is 22.7 Å². The maximum Gasteiger partial charge on any atom is 0.245 e. The molecule has 2 heterocycles. The SMILES string of the molecule is C[C@@H]1CN([C@@H](C)CO)C(=O)CCCn2nncc2CO[C@H]1CN(C)S(=O)(=O)c1ccccc1F. The van der Waals surface area contributed by atoms with Gasteiger partial charge in [-0.2, -0.15) is 4.31 Å². The number of carbonyl (C=O) groups is 1. The lowest BCUT2D eigenvalue weighted by Crippen LogP contribution is -2.48. The van der Waals surface area contributed by atoms with Gasteiger partial charge in [0, 0.05) is 39.0 Å². The summed E-state index contributed by atoms with van der Waals surface area (Å²) in [5, 5.41) is 17.6. The molecule has 0 bridgehead atoms. The number of amides is 1. The van der Waals surface area contributed by atoms with E-state index >= 15 is 0 Å². The Balaban J connectivity index is 1.88. The van der Waals surface area contributed by atoms with E-state index in [1.165, 1.54) is 25.2 Å². The first-order valence-electron chi connectivity index (χ1n) is 11.2. The van der Waals surface area contributed by atoms with Gasteiger partial charge in [-0.15, -0.1) is 5.10 Å². The van der Waals surface area contributed by atoms with Gasteiger partial charge >= 0.3 is 0 Å². The predicted octanol–water partition coefficient (Wildman–Crippen LogP) is 1.26. The molecule has 1 N–H and O–H groups in total. The molecule has 1 aliphatic rings. The number of benzene rings is 1. The number of aliphatic hydroxyl groups is 1. The molecule has 0 radical (unpaired) electrons. The number of aliphatic hydroxyl groups excluding tert-OH is 1. The van der Waals surface area contributed by atoms with Crippen LogP contribution in [0.3, 0.4) is 0 Å². The van der Waals surface area contributed by atoms with Crippen LogP contribution >= 0.6 is 0 Å². The Kier molecular flexibility index (Phi) is 8.74. The molecule has 0 aliphatic carbocycles. The first-order chi connectivity index (χ1) is 16.1. The quantitative estimate of drug-likeness (QED) is 0.638. The van der Waals surface area contributed by atoms with Crippen molar-refractivity contribution < 1.29 is 27.4 Å². The van der Waals surface area contributed by atoms with Crippen molar-refractivity contribution in [2.75, 3.05) is 26.7 Å². The normalized spacial score (nSPS) is 21.6. The fourth-order valence-electron chi connectivity index (χ4n) is 3.92. The highest BCUT2D eigenvalue weighted by Gasteiger charge is 2.32. The van der Waals surface area contributed by atoms with E-state index in [1.807, 2.05) is 6.92 Å². The molecule has 1 aromatic heterocycles. The van der Waals surface area contributed by atoms with E-state index in [0.717, 1.165) is 10.4 Å². The van der Waals surface area contributed by atoms with E-state index in [2.05, 4.69) is 10.3 Å². The number of aromatic nitrogens is 3. The van der Waals surface area contributed by atoms with Gasteiger partial charge in [-0.1, -0.05) is 24.3 Å². The average Bonchev–Trinajstić information content (AvgIpc) is 3.25. The van der Waals surface area contributed by atoms with Crippen LogP contribution in [0.5, 0.6) is 0 Å². The molecule has 1 amide bonds. The summed E-state index contributed by atoms with van der Waals surface area (Å²) in [6.07, 6.45) is 1.79. The van der Waals surface area contributed by atoms with E-state index in [4.69, 9.17) is 4.74 Å². The number of carbonyl (C=O) groups excluding carboxylic acids is 1. The van der Waals surface area contributed by atoms with Crippen LogP contribution in [0.2, 0.25) is 0 Å². The molecule has 0 fully saturated rings. The topological polar surface area (TPSA) is 118 Å². The monoisotopic (exact) mass is 497 g/mol. The number of rotatable bonds is 6. The van der Waals surface area contributed by atoms with E-state index in [-0.39, 0.29) is 44.5 Å². The summed E-state index contributed by atoms with van der Waals surface area (Å²) in [6, 6.07) is 4.81. The minimum atomic E-state index is -4.11. The number of nitrogens with zero attached hydrogens (tertiary/aromatic N) is 5. The lowest BCUT2D eigenvalue weighted by molar-refractivity contribution is -0.136. The van der Waals surface area contributed by atoms with Gasteiger partial charge in [-0.05, 0) is 25.5 Å². The van der Waals surface area contributed by atoms with Gasteiger partial charge in [0.05, 0.1) is 37.3 Å². The average molecular weight is 498 g/mol. The Morgan fingerprint density at radius 2 is 2.09 bits per heavy atom. The number of hydrogen-bond donors (Lipinski definition) is 1. The zero-order chi connectivity index (χ0) is 24.9. The zero-order valence-electron chi connectivity index (χ0n) is 19.7. The third kappa shape index (κ3) is 5.98. The van der Waals surface area contributed by atoms with Crippen molar-refractivity contribution in [2.45, 2.75) is 56.9 Å². The lowest BCUT2D eigenvalue weighted by atomic mass is 10.0. The van der Waals surface area contributed by atoms with Crippen molar-refractivity contribution in [1.82, 2.24) is 24.2 Å². The third-order valence-electron chi connectivity index (χ3n) is 6.10. The van der Waals surface area contributed by atoms with Crippen molar-refractivity contribution in [3.8, 4) is 0 Å². The molecule has 1 aliphatic heterocycles. The van der Waals surface area contributed by atoms with Crippen LogP contribution in [-0.4, -0.2) is 82.5 Å². The molecule has 3 rings (SSSR count). The number of ether oxygens (including phenoxy) is 1. The van der Waals surface area contributed by atoms with Crippen LogP contribution in [0.4, 0.5) is 4.39 Å². The zero-order valence-corrected chi connectivity index (χ0v) is 20.5. The van der Waals surface area contributed by atoms with Crippen LogP contribution in [0, 0.1) is 11.7 Å². The Morgan fingerprint density at radius 3 is 2.79 bits per heavy atom. The van der Waals surface area contributed by atoms with Crippen molar-refractivity contribution in [1.29, 1.82) is 0 Å². The first-order valence-corrected chi connectivity index (χ1v) is 12.7. The highest BCUT2D eigenvalue weighted by Crippen LogP contribution is 2.22. The molecule has 188 valence electrons. The Hall–Kier alpha value is -2.41. The van der Waals surface area contributed by atoms with E-state index in [0.29, 0.717) is 18.7 Å². The summed E-state index contributed by atoms with van der Waals surface area (Å²) < 4.78 is 49.2. The fraction of sp³-hybridized carbons (Fsp3) is 0.591. The number of sulfonamides is 1. The number of hydrogen-bond acceptors (Lipinski definition) is 7. The first kappa shape index (κ1) is 26.2. The number of aryl methyl sites for hydroxylation is 1. The van der Waals surface area contributed by atoms with Crippen LogP contribution in [-0.2, 0) is 32.7 Å². The molecular formula is C22H32FN5O5S. The third-order valence-corrected chi connectivity index (χ3v) is 7.96. The largest absolute Gasteiger partial charge is 0.394 e. The van der Waals surface area contributed by atoms with Crippen LogP contribution in [0.15, 0.2) is 35.4 Å². The Morgan fingerprint density at radius 1 is 1.35 bits per heavy atom.